The lowest BCUT2D eigenvalue weighted by molar-refractivity contribution is 0.0793. The van der Waals surface area contributed by atoms with Gasteiger partial charge in [0.25, 0.3) is 5.91 Å². The second-order valence-corrected chi connectivity index (χ2v) is 8.37. The molecule has 5 heteroatoms. The Kier molecular flexibility index (Phi) is 7.64. The Morgan fingerprint density at radius 1 is 1.26 bits per heavy atom. The van der Waals surface area contributed by atoms with Crippen LogP contribution in [0.25, 0.3) is 0 Å². The van der Waals surface area contributed by atoms with Crippen LogP contribution in [0.3, 0.4) is 0 Å². The van der Waals surface area contributed by atoms with E-state index in [1.54, 1.807) is 47.0 Å². The second kappa shape index (κ2) is 10.4. The number of rotatable bonds is 7. The number of allylic oxidation sites excluding steroid dienone is 4. The Hall–Kier alpha value is -2.92. The molecular formula is C26H27FN2OS. The van der Waals surface area contributed by atoms with E-state index >= 15 is 0 Å². The van der Waals surface area contributed by atoms with Crippen LogP contribution in [0.2, 0.25) is 0 Å². The van der Waals surface area contributed by atoms with Crippen molar-refractivity contribution in [2.24, 2.45) is 4.99 Å². The van der Waals surface area contributed by atoms with E-state index in [0.29, 0.717) is 29.1 Å². The first-order chi connectivity index (χ1) is 15.0. The summed E-state index contributed by atoms with van der Waals surface area (Å²) in [4.78, 5) is 21.3. The van der Waals surface area contributed by atoms with Gasteiger partial charge in [0, 0.05) is 40.1 Å². The minimum Gasteiger partial charge on any atom is -0.342 e. The largest absolute Gasteiger partial charge is 0.342 e. The lowest BCUT2D eigenvalue weighted by atomic mass is 10.0. The smallest absolute Gasteiger partial charge is 0.253 e. The van der Waals surface area contributed by atoms with Crippen molar-refractivity contribution in [1.29, 1.82) is 0 Å². The number of fused-ring (bicyclic) bond motifs is 1. The van der Waals surface area contributed by atoms with E-state index in [-0.39, 0.29) is 11.7 Å². The summed E-state index contributed by atoms with van der Waals surface area (Å²) in [6.07, 6.45) is 7.61. The SMILES string of the molecule is C=CC1=C(/C=C\C)Sc2ccc(C(=O)N(C)CCCC)cc2N=C1c1ccccc1F. The molecule has 0 bridgehead atoms. The van der Waals surface area contributed by atoms with Crippen molar-refractivity contribution in [2.45, 2.75) is 31.6 Å². The van der Waals surface area contributed by atoms with Crippen LogP contribution in [-0.4, -0.2) is 30.1 Å². The summed E-state index contributed by atoms with van der Waals surface area (Å²) in [7, 11) is 1.81. The summed E-state index contributed by atoms with van der Waals surface area (Å²) in [6, 6.07) is 12.1. The van der Waals surface area contributed by atoms with Gasteiger partial charge in [0.15, 0.2) is 0 Å². The number of carbonyl (C=O) groups is 1. The lowest BCUT2D eigenvalue weighted by Crippen LogP contribution is -2.27. The molecule has 0 radical (unpaired) electrons. The highest BCUT2D eigenvalue weighted by atomic mass is 32.2. The molecule has 1 amide bonds. The van der Waals surface area contributed by atoms with E-state index < -0.39 is 0 Å². The van der Waals surface area contributed by atoms with Gasteiger partial charge in [-0.25, -0.2) is 9.38 Å². The highest BCUT2D eigenvalue weighted by Gasteiger charge is 2.22. The van der Waals surface area contributed by atoms with E-state index in [4.69, 9.17) is 4.99 Å². The van der Waals surface area contributed by atoms with E-state index in [2.05, 4.69) is 13.5 Å². The molecule has 2 aromatic rings. The second-order valence-electron chi connectivity index (χ2n) is 7.29. The summed E-state index contributed by atoms with van der Waals surface area (Å²) in [5.74, 6) is -0.390. The third-order valence-electron chi connectivity index (χ3n) is 5.02. The van der Waals surface area contributed by atoms with Crippen molar-refractivity contribution >= 4 is 29.1 Å². The molecule has 0 spiro atoms. The van der Waals surface area contributed by atoms with E-state index in [0.717, 1.165) is 28.2 Å². The standard InChI is InChI=1S/C26H27FN2OS/c1-5-8-16-29(4)26(30)18-14-15-24-22(17-18)28-25(20-12-9-10-13-21(20)27)19(7-3)23(31-24)11-6-2/h6-7,9-15,17H,3,5,8,16H2,1-2,4H3/b11-6-. The zero-order valence-electron chi connectivity index (χ0n) is 18.2. The lowest BCUT2D eigenvalue weighted by Gasteiger charge is -2.17. The van der Waals surface area contributed by atoms with Crippen LogP contribution in [-0.2, 0) is 0 Å². The van der Waals surface area contributed by atoms with Gasteiger partial charge < -0.3 is 4.90 Å². The number of hydrogen-bond donors (Lipinski definition) is 0. The van der Waals surface area contributed by atoms with Crippen molar-refractivity contribution in [3.8, 4) is 0 Å². The first-order valence-electron chi connectivity index (χ1n) is 10.4. The minimum absolute atomic E-state index is 0.0429. The normalized spacial score (nSPS) is 13.6. The van der Waals surface area contributed by atoms with Crippen LogP contribution in [0, 0.1) is 5.82 Å². The van der Waals surface area contributed by atoms with Crippen LogP contribution in [0.4, 0.5) is 10.1 Å². The molecule has 3 nitrogen and oxygen atoms in total. The maximum absolute atomic E-state index is 14.7. The van der Waals surface area contributed by atoms with Crippen LogP contribution in [0.5, 0.6) is 0 Å². The molecule has 1 heterocycles. The monoisotopic (exact) mass is 434 g/mol. The van der Waals surface area contributed by atoms with Gasteiger partial charge in [-0.1, -0.05) is 62.0 Å². The van der Waals surface area contributed by atoms with E-state index in [9.17, 15) is 9.18 Å². The summed E-state index contributed by atoms with van der Waals surface area (Å²) in [5, 5.41) is 0. The number of nitrogens with zero attached hydrogens (tertiary/aromatic N) is 2. The maximum Gasteiger partial charge on any atom is 0.253 e. The molecule has 3 rings (SSSR count). The van der Waals surface area contributed by atoms with E-state index in [1.807, 2.05) is 38.3 Å². The molecule has 1 aliphatic heterocycles. The van der Waals surface area contributed by atoms with Gasteiger partial charge in [0.1, 0.15) is 5.82 Å². The number of benzene rings is 2. The number of unbranched alkanes of at least 4 members (excludes halogenated alkanes) is 1. The molecule has 1 aliphatic rings. The van der Waals surface area contributed by atoms with Crippen molar-refractivity contribution < 1.29 is 9.18 Å². The summed E-state index contributed by atoms with van der Waals surface area (Å²) >= 11 is 1.54. The molecule has 0 saturated carbocycles. The van der Waals surface area contributed by atoms with Crippen molar-refractivity contribution in [3.63, 3.8) is 0 Å². The molecule has 0 N–H and O–H groups in total. The fourth-order valence-electron chi connectivity index (χ4n) is 3.34. The molecule has 2 aromatic carbocycles. The molecule has 31 heavy (non-hydrogen) atoms. The van der Waals surface area contributed by atoms with Crippen LogP contribution in [0.15, 0.2) is 87.6 Å². The molecule has 0 aromatic heterocycles. The van der Waals surface area contributed by atoms with Crippen molar-refractivity contribution in [2.75, 3.05) is 13.6 Å². The highest BCUT2D eigenvalue weighted by Crippen LogP contribution is 2.42. The van der Waals surface area contributed by atoms with Crippen LogP contribution >= 0.6 is 11.8 Å². The quantitative estimate of drug-likeness (QED) is 0.473. The van der Waals surface area contributed by atoms with Gasteiger partial charge in [-0.2, -0.15) is 0 Å². The van der Waals surface area contributed by atoms with Gasteiger partial charge in [0.2, 0.25) is 0 Å². The number of thioether (sulfide) groups is 1. The average Bonchev–Trinajstić information content (AvgIpc) is 2.93. The number of carbonyl (C=O) groups excluding carboxylic acids is 1. The fourth-order valence-corrected chi connectivity index (χ4v) is 4.42. The summed E-state index contributed by atoms with van der Waals surface area (Å²) in [5.41, 5.74) is 2.90. The van der Waals surface area contributed by atoms with Crippen LogP contribution in [0.1, 0.15) is 42.6 Å². The zero-order chi connectivity index (χ0) is 22.4. The predicted octanol–water partition coefficient (Wildman–Crippen LogP) is 6.94. The summed E-state index contributed by atoms with van der Waals surface area (Å²) in [6.45, 7) is 8.70. The first kappa shape index (κ1) is 22.8. The molecular weight excluding hydrogens is 407 g/mol. The maximum atomic E-state index is 14.7. The van der Waals surface area contributed by atoms with Gasteiger partial charge in [-0.3, -0.25) is 4.79 Å². The molecule has 0 atom stereocenters. The molecule has 160 valence electrons. The number of amides is 1. The zero-order valence-corrected chi connectivity index (χ0v) is 19.0. The molecule has 0 saturated heterocycles. The summed E-state index contributed by atoms with van der Waals surface area (Å²) < 4.78 is 14.7. The first-order valence-corrected chi connectivity index (χ1v) is 11.2. The van der Waals surface area contributed by atoms with Gasteiger partial charge in [0.05, 0.1) is 11.4 Å². The number of halogens is 1. The number of aliphatic imine (C=N–C) groups is 1. The van der Waals surface area contributed by atoms with Crippen molar-refractivity contribution in [1.82, 2.24) is 4.90 Å². The topological polar surface area (TPSA) is 32.7 Å². The molecule has 0 fully saturated rings. The number of hydrogen-bond acceptors (Lipinski definition) is 3. The Morgan fingerprint density at radius 3 is 2.71 bits per heavy atom. The Labute approximate surface area is 188 Å². The Balaban J connectivity index is 2.15. The van der Waals surface area contributed by atoms with Gasteiger partial charge in [-0.15, -0.1) is 0 Å². The van der Waals surface area contributed by atoms with Gasteiger partial charge in [-0.05, 0) is 43.7 Å². The predicted molar refractivity (Wildman–Crippen MR) is 129 cm³/mol. The molecule has 0 aliphatic carbocycles. The van der Waals surface area contributed by atoms with Crippen molar-refractivity contribution in [3.05, 3.63) is 94.7 Å². The highest BCUT2D eigenvalue weighted by molar-refractivity contribution is 8.03. The fraction of sp³-hybridized carbons (Fsp3) is 0.231. The third-order valence-corrected chi connectivity index (χ3v) is 6.16. The average molecular weight is 435 g/mol. The van der Waals surface area contributed by atoms with Crippen LogP contribution < -0.4 is 0 Å². The Bertz CT molecular complexity index is 1080. The third kappa shape index (κ3) is 5.05. The van der Waals surface area contributed by atoms with E-state index in [1.165, 1.54) is 6.07 Å². The van der Waals surface area contributed by atoms with Gasteiger partial charge >= 0.3 is 0 Å². The Morgan fingerprint density at radius 2 is 2.03 bits per heavy atom. The molecule has 0 unspecified atom stereocenters. The minimum atomic E-state index is -0.347.